The summed E-state index contributed by atoms with van der Waals surface area (Å²) in [4.78, 5) is 56.2. The van der Waals surface area contributed by atoms with E-state index in [0.29, 0.717) is 37.5 Å². The number of para-hydroxylation sites is 4. The van der Waals surface area contributed by atoms with Crippen LogP contribution in [0, 0.1) is 11.8 Å². The van der Waals surface area contributed by atoms with E-state index in [1.165, 1.54) is 64.2 Å². The van der Waals surface area contributed by atoms with Crippen molar-refractivity contribution in [2.45, 2.75) is 218 Å². The molecule has 0 unspecified atom stereocenters. The molecule has 4 aliphatic rings. The fourth-order valence-corrected chi connectivity index (χ4v) is 13.9. The number of anilines is 2. The van der Waals surface area contributed by atoms with Gasteiger partial charge in [-0.15, -0.1) is 0 Å². The van der Waals surface area contributed by atoms with Gasteiger partial charge in [0.15, 0.2) is 0 Å². The lowest BCUT2D eigenvalue weighted by atomic mass is 9.83. The first kappa shape index (κ1) is 61.9. The third-order valence-electron chi connectivity index (χ3n) is 18.6. The highest BCUT2D eigenvalue weighted by Crippen LogP contribution is 2.48. The highest BCUT2D eigenvalue weighted by molar-refractivity contribution is 5.94. The van der Waals surface area contributed by atoms with Gasteiger partial charge in [0.1, 0.15) is 35.2 Å². The van der Waals surface area contributed by atoms with Gasteiger partial charge in [-0.2, -0.15) is 0 Å². The molecule has 0 aromatic heterocycles. The summed E-state index contributed by atoms with van der Waals surface area (Å²) in [6.45, 7) is 13.0. The second-order valence-electron chi connectivity index (χ2n) is 27.2. The number of carbonyl (C=O) groups excluding carboxylic acids is 4. The molecule has 6 aromatic carbocycles. The Hall–Kier alpha value is -7.20. The van der Waals surface area contributed by atoms with E-state index in [-0.39, 0.29) is 84.3 Å². The van der Waals surface area contributed by atoms with Gasteiger partial charge in [-0.3, -0.25) is 19.2 Å². The van der Waals surface area contributed by atoms with Crippen LogP contribution in [0.25, 0.3) is 0 Å². The summed E-state index contributed by atoms with van der Waals surface area (Å²) in [5.74, 6) is 3.16. The first-order valence-electron chi connectivity index (χ1n) is 32.5. The Labute approximate surface area is 511 Å². The van der Waals surface area contributed by atoms with E-state index in [2.05, 4.69) is 88.6 Å². The first-order valence-corrected chi connectivity index (χ1v) is 32.5. The largest absolute Gasteiger partial charge is 0.462 e. The van der Waals surface area contributed by atoms with Crippen molar-refractivity contribution < 1.29 is 38.1 Å². The smallest absolute Gasteiger partial charge is 0.306 e. The van der Waals surface area contributed by atoms with E-state index in [1.807, 2.05) is 97.1 Å². The number of ether oxygens (including phenoxy) is 4. The van der Waals surface area contributed by atoms with Crippen LogP contribution in [-0.2, 0) is 52.3 Å². The van der Waals surface area contributed by atoms with Gasteiger partial charge in [0.05, 0.1) is 12.8 Å². The van der Waals surface area contributed by atoms with Crippen molar-refractivity contribution in [3.05, 3.63) is 178 Å². The molecule has 2 aliphatic heterocycles. The summed E-state index contributed by atoms with van der Waals surface area (Å²) in [5, 5.41) is 6.68. The molecule has 2 fully saturated rings. The predicted octanol–water partition coefficient (Wildman–Crippen LogP) is 18.7. The molecule has 2 saturated carbocycles. The quantitative estimate of drug-likeness (QED) is 0.0607. The minimum atomic E-state index is -0.375. The van der Waals surface area contributed by atoms with Crippen LogP contribution in [0.1, 0.15) is 226 Å². The predicted molar refractivity (Wildman–Crippen MR) is 344 cm³/mol. The Morgan fingerprint density at radius 1 is 0.453 bits per heavy atom. The van der Waals surface area contributed by atoms with Crippen molar-refractivity contribution >= 4 is 35.1 Å². The number of aryl methyl sites for hydroxylation is 2. The number of benzene rings is 6. The summed E-state index contributed by atoms with van der Waals surface area (Å²) in [5.41, 5.74) is 9.36. The zero-order valence-electron chi connectivity index (χ0n) is 52.0. The van der Waals surface area contributed by atoms with Gasteiger partial charge in [0, 0.05) is 58.3 Å². The average Bonchev–Trinajstić information content (AvgIpc) is 1.40. The lowest BCUT2D eigenvalue weighted by molar-refractivity contribution is -0.157. The number of nitrogens with one attached hydrogen (secondary N) is 2. The maximum atomic E-state index is 14.2. The SMILES string of the molecule is CC(C)(C)c1ccc(CC[C@@H](CCC2CCCCC2)OC(=O)CCC(=O)O[C@@H](CCc2ccc(C(C)(C)C)c(NC(=O)CC3c4ccccc4Oc4ccccc43)c2)CCC2CCCCC2)cc1NC(=O)CC1c2ccccc2Oc2ccccc21. The average molecular weight is 1160 g/mol. The number of rotatable bonds is 23. The summed E-state index contributed by atoms with van der Waals surface area (Å²) in [6, 6.07) is 44.7. The minimum Gasteiger partial charge on any atom is -0.462 e. The Morgan fingerprint density at radius 3 is 1.13 bits per heavy atom. The van der Waals surface area contributed by atoms with Crippen molar-refractivity contribution in [2.24, 2.45) is 11.8 Å². The number of hydrogen-bond donors (Lipinski definition) is 2. The molecule has 2 N–H and O–H groups in total. The van der Waals surface area contributed by atoms with Gasteiger partial charge in [-0.05, 0) is 133 Å². The zero-order valence-corrected chi connectivity index (χ0v) is 52.0. The molecule has 2 amide bonds. The fourth-order valence-electron chi connectivity index (χ4n) is 13.9. The summed E-state index contributed by atoms with van der Waals surface area (Å²) < 4.78 is 25.2. The monoisotopic (exact) mass is 1160 g/mol. The second-order valence-corrected chi connectivity index (χ2v) is 27.2. The Bertz CT molecular complexity index is 2990. The van der Waals surface area contributed by atoms with Crippen molar-refractivity contribution in [3.63, 3.8) is 0 Å². The molecular weight excluding hydrogens is 1070 g/mol. The topological polar surface area (TPSA) is 129 Å². The maximum absolute atomic E-state index is 14.2. The molecule has 0 saturated heterocycles. The number of hydrogen-bond acceptors (Lipinski definition) is 8. The summed E-state index contributed by atoms with van der Waals surface area (Å²) in [7, 11) is 0. The van der Waals surface area contributed by atoms with Crippen LogP contribution in [0.2, 0.25) is 0 Å². The van der Waals surface area contributed by atoms with E-state index < -0.39 is 0 Å². The molecule has 86 heavy (non-hydrogen) atoms. The first-order chi connectivity index (χ1) is 41.5. The van der Waals surface area contributed by atoms with Crippen molar-refractivity contribution in [1.82, 2.24) is 0 Å². The van der Waals surface area contributed by atoms with Crippen LogP contribution in [0.5, 0.6) is 23.0 Å². The highest BCUT2D eigenvalue weighted by Gasteiger charge is 2.32. The van der Waals surface area contributed by atoms with Crippen LogP contribution in [0.3, 0.4) is 0 Å². The Morgan fingerprint density at radius 2 is 0.791 bits per heavy atom. The molecule has 0 radical (unpaired) electrons. The third-order valence-corrected chi connectivity index (χ3v) is 18.6. The molecular formula is C76H92N2O8. The van der Waals surface area contributed by atoms with E-state index in [9.17, 15) is 19.2 Å². The van der Waals surface area contributed by atoms with E-state index in [4.69, 9.17) is 18.9 Å². The minimum absolute atomic E-state index is 0.0466. The van der Waals surface area contributed by atoms with Gasteiger partial charge in [0.25, 0.3) is 0 Å². The number of esters is 2. The molecule has 2 aliphatic carbocycles. The van der Waals surface area contributed by atoms with Gasteiger partial charge in [0.2, 0.25) is 11.8 Å². The van der Waals surface area contributed by atoms with E-state index >= 15 is 0 Å². The third kappa shape index (κ3) is 16.4. The van der Waals surface area contributed by atoms with Crippen LogP contribution >= 0.6 is 0 Å². The van der Waals surface area contributed by atoms with Crippen LogP contribution < -0.4 is 20.1 Å². The van der Waals surface area contributed by atoms with E-state index in [0.717, 1.165) is 105 Å². The molecule has 6 aromatic rings. The molecule has 0 spiro atoms. The Kier molecular flexibility index (Phi) is 20.5. The summed E-state index contributed by atoms with van der Waals surface area (Å²) >= 11 is 0. The maximum Gasteiger partial charge on any atom is 0.306 e. The number of fused-ring (bicyclic) bond motifs is 4. The van der Waals surface area contributed by atoms with Crippen LogP contribution in [0.15, 0.2) is 133 Å². The van der Waals surface area contributed by atoms with Crippen LogP contribution in [-0.4, -0.2) is 36.0 Å². The normalized spacial score (nSPS) is 16.2. The molecule has 10 nitrogen and oxygen atoms in total. The van der Waals surface area contributed by atoms with Crippen molar-refractivity contribution in [2.75, 3.05) is 10.6 Å². The van der Waals surface area contributed by atoms with Crippen molar-refractivity contribution in [1.29, 1.82) is 0 Å². The van der Waals surface area contributed by atoms with Crippen molar-refractivity contribution in [3.8, 4) is 23.0 Å². The van der Waals surface area contributed by atoms with Gasteiger partial charge in [-0.25, -0.2) is 0 Å². The lowest BCUT2D eigenvalue weighted by Crippen LogP contribution is -2.24. The highest BCUT2D eigenvalue weighted by atomic mass is 16.6. The fraction of sp³-hybridized carbons (Fsp3) is 0.474. The molecule has 2 atom stereocenters. The molecule has 0 bridgehead atoms. The van der Waals surface area contributed by atoms with Gasteiger partial charge >= 0.3 is 11.9 Å². The second kappa shape index (κ2) is 28.5. The Balaban J connectivity index is 0.777. The lowest BCUT2D eigenvalue weighted by Gasteiger charge is -2.28. The number of carbonyl (C=O) groups is 4. The molecule has 10 heteroatoms. The van der Waals surface area contributed by atoms with Gasteiger partial charge in [-0.1, -0.05) is 203 Å². The van der Waals surface area contributed by atoms with E-state index in [1.54, 1.807) is 0 Å². The molecule has 454 valence electrons. The molecule has 10 rings (SSSR count). The summed E-state index contributed by atoms with van der Waals surface area (Å²) in [6.07, 6.45) is 18.3. The van der Waals surface area contributed by atoms with Crippen LogP contribution in [0.4, 0.5) is 11.4 Å². The molecule has 2 heterocycles. The van der Waals surface area contributed by atoms with Gasteiger partial charge < -0.3 is 29.6 Å². The number of amides is 2. The zero-order chi connectivity index (χ0) is 60.2. The standard InChI is InChI=1S/C76H92N2O8/c1-75(2,3)63-43-37-53(47-65(63)77-71(79)49-61-57-25-13-17-29-67(57)85-68-30-18-14-26-58(61)68)35-41-55(39-33-51-21-9-7-10-22-51)83-73(81)45-46-74(82)84-56(40-34-52-23-11-8-12-24-52)42-36-54-38-44-64(76(4,5)6)66(48-54)78-72(80)50-62-59-27-15-19-31-69(59)86-70-32-20-16-28-60(62)70/h13-20,25-32,37-38,43-44,47-48,51-52,55-56,61-62H,7-12,21-24,33-36,39-42,45-46,49-50H2,1-6H3,(H,77,79)(H,78,80)/t55-,56-/m1/s1.